The molecule has 0 aromatic rings. The summed E-state index contributed by atoms with van der Waals surface area (Å²) in [4.78, 5) is 23.7. The molecule has 0 aromatic heterocycles. The Kier molecular flexibility index (Phi) is 4.75. The van der Waals surface area contributed by atoms with Gasteiger partial charge in [-0.3, -0.25) is 0 Å². The van der Waals surface area contributed by atoms with Gasteiger partial charge in [-0.2, -0.15) is 18.2 Å². The SMILES string of the molecule is CCOC(=O)/N=C(\C(=O)OC)C(F)(F)F. The molecule has 5 nitrogen and oxygen atoms in total. The summed E-state index contributed by atoms with van der Waals surface area (Å²) < 4.78 is 44.3. The molecule has 15 heavy (non-hydrogen) atoms. The fourth-order valence-corrected chi connectivity index (χ4v) is 0.568. The number of carbonyl (C=O) groups excluding carboxylic acids is 2. The molecule has 0 unspecified atom stereocenters. The molecule has 0 spiro atoms. The minimum Gasteiger partial charge on any atom is -0.464 e. The minimum absolute atomic E-state index is 0.144. The molecule has 0 aliphatic carbocycles. The topological polar surface area (TPSA) is 65.0 Å². The Morgan fingerprint density at radius 1 is 1.33 bits per heavy atom. The molecule has 0 saturated heterocycles. The number of aliphatic imine (C=N–C) groups is 1. The van der Waals surface area contributed by atoms with Gasteiger partial charge in [0.1, 0.15) is 0 Å². The largest absolute Gasteiger partial charge is 0.464 e. The van der Waals surface area contributed by atoms with Crippen LogP contribution >= 0.6 is 0 Å². The normalized spacial score (nSPS) is 12.2. The van der Waals surface area contributed by atoms with E-state index in [0.29, 0.717) is 0 Å². The predicted molar refractivity (Wildman–Crippen MR) is 42.5 cm³/mol. The molecule has 0 bridgehead atoms. The van der Waals surface area contributed by atoms with E-state index in [4.69, 9.17) is 0 Å². The van der Waals surface area contributed by atoms with Gasteiger partial charge >= 0.3 is 18.2 Å². The van der Waals surface area contributed by atoms with Crippen molar-refractivity contribution in [1.29, 1.82) is 0 Å². The highest BCUT2D eigenvalue weighted by Gasteiger charge is 2.42. The molecule has 86 valence electrons. The van der Waals surface area contributed by atoms with Gasteiger partial charge in [-0.05, 0) is 6.92 Å². The van der Waals surface area contributed by atoms with Gasteiger partial charge in [0, 0.05) is 0 Å². The van der Waals surface area contributed by atoms with Crippen LogP contribution in [0.25, 0.3) is 0 Å². The lowest BCUT2D eigenvalue weighted by Crippen LogP contribution is -2.33. The Morgan fingerprint density at radius 2 is 1.87 bits per heavy atom. The van der Waals surface area contributed by atoms with Crippen molar-refractivity contribution < 1.29 is 32.2 Å². The van der Waals surface area contributed by atoms with Gasteiger partial charge in [0.15, 0.2) is 0 Å². The number of alkyl halides is 3. The van der Waals surface area contributed by atoms with E-state index >= 15 is 0 Å². The Balaban J connectivity index is 4.95. The zero-order valence-corrected chi connectivity index (χ0v) is 7.92. The number of nitrogens with zero attached hydrogens (tertiary/aromatic N) is 1. The van der Waals surface area contributed by atoms with Crippen molar-refractivity contribution in [2.75, 3.05) is 13.7 Å². The lowest BCUT2D eigenvalue weighted by molar-refractivity contribution is -0.137. The van der Waals surface area contributed by atoms with E-state index in [1.807, 2.05) is 0 Å². The number of hydrogen-bond acceptors (Lipinski definition) is 4. The zero-order chi connectivity index (χ0) is 12.1. The Bertz CT molecular complexity index is 284. The van der Waals surface area contributed by atoms with Crippen LogP contribution in [0.4, 0.5) is 18.0 Å². The first kappa shape index (κ1) is 13.4. The summed E-state index contributed by atoms with van der Waals surface area (Å²) in [6.45, 7) is 1.24. The molecule has 0 aromatic carbocycles. The molecule has 8 heteroatoms. The summed E-state index contributed by atoms with van der Waals surface area (Å²) >= 11 is 0. The Hall–Kier alpha value is -1.60. The molecule has 0 radical (unpaired) electrons. The fraction of sp³-hybridized carbons (Fsp3) is 0.571. The lowest BCUT2D eigenvalue weighted by Gasteiger charge is -2.07. The quantitative estimate of drug-likeness (QED) is 0.527. The molecule has 0 heterocycles. The number of halogens is 3. The third-order valence-corrected chi connectivity index (χ3v) is 1.12. The van der Waals surface area contributed by atoms with Crippen LogP contribution in [-0.4, -0.2) is 37.7 Å². The number of ether oxygens (including phenoxy) is 2. The first-order valence-corrected chi connectivity index (χ1v) is 3.73. The number of rotatable bonds is 2. The predicted octanol–water partition coefficient (Wildman–Crippen LogP) is 1.32. The maximum atomic E-state index is 12.1. The highest BCUT2D eigenvalue weighted by Crippen LogP contribution is 2.18. The van der Waals surface area contributed by atoms with E-state index in [9.17, 15) is 22.8 Å². The van der Waals surface area contributed by atoms with Crippen LogP contribution in [0.2, 0.25) is 0 Å². The molecule has 0 atom stereocenters. The molecular weight excluding hydrogens is 219 g/mol. The number of amides is 1. The molecular formula is C7H8F3NO4. The standard InChI is InChI=1S/C7H8F3NO4/c1-3-15-6(13)11-4(5(12)14-2)7(8,9)10/h3H2,1-2H3/b11-4+. The van der Waals surface area contributed by atoms with Crippen molar-refractivity contribution in [2.45, 2.75) is 13.1 Å². The second-order valence-corrected chi connectivity index (χ2v) is 2.15. The smallest absolute Gasteiger partial charge is 0.440 e. The monoisotopic (exact) mass is 227 g/mol. The van der Waals surface area contributed by atoms with E-state index in [1.54, 1.807) is 0 Å². The van der Waals surface area contributed by atoms with Crippen LogP contribution in [0, 0.1) is 0 Å². The van der Waals surface area contributed by atoms with Crippen molar-refractivity contribution in [3.8, 4) is 0 Å². The van der Waals surface area contributed by atoms with E-state index in [2.05, 4.69) is 14.5 Å². The summed E-state index contributed by atoms with van der Waals surface area (Å²) in [5, 5.41) is 0. The van der Waals surface area contributed by atoms with Gasteiger partial charge in [0.05, 0.1) is 13.7 Å². The molecule has 0 rings (SSSR count). The first-order chi connectivity index (χ1) is 6.82. The van der Waals surface area contributed by atoms with Crippen LogP contribution in [0.15, 0.2) is 4.99 Å². The average molecular weight is 227 g/mol. The van der Waals surface area contributed by atoms with Crippen molar-refractivity contribution in [2.24, 2.45) is 4.99 Å². The van der Waals surface area contributed by atoms with E-state index < -0.39 is 24.0 Å². The average Bonchev–Trinajstić information content (AvgIpc) is 2.12. The van der Waals surface area contributed by atoms with E-state index in [-0.39, 0.29) is 6.61 Å². The van der Waals surface area contributed by atoms with Gasteiger partial charge in [0.2, 0.25) is 5.71 Å². The van der Waals surface area contributed by atoms with Crippen LogP contribution in [-0.2, 0) is 14.3 Å². The van der Waals surface area contributed by atoms with Crippen LogP contribution in [0.3, 0.4) is 0 Å². The fourth-order valence-electron chi connectivity index (χ4n) is 0.568. The van der Waals surface area contributed by atoms with E-state index in [1.165, 1.54) is 6.92 Å². The highest BCUT2D eigenvalue weighted by molar-refractivity contribution is 6.40. The molecule has 0 fully saturated rings. The summed E-state index contributed by atoms with van der Waals surface area (Å²) in [5.41, 5.74) is -1.94. The summed E-state index contributed by atoms with van der Waals surface area (Å²) in [5.74, 6) is -1.74. The van der Waals surface area contributed by atoms with Crippen molar-refractivity contribution >= 4 is 17.8 Å². The number of methoxy groups -OCH3 is 1. The Labute approximate surface area is 82.9 Å². The van der Waals surface area contributed by atoms with E-state index in [0.717, 1.165) is 7.11 Å². The van der Waals surface area contributed by atoms with Crippen molar-refractivity contribution in [3.05, 3.63) is 0 Å². The van der Waals surface area contributed by atoms with Gasteiger partial charge in [0.25, 0.3) is 0 Å². The first-order valence-electron chi connectivity index (χ1n) is 3.73. The van der Waals surface area contributed by atoms with Gasteiger partial charge in [-0.15, -0.1) is 0 Å². The second-order valence-electron chi connectivity index (χ2n) is 2.15. The third kappa shape index (κ3) is 4.43. The van der Waals surface area contributed by atoms with Crippen LogP contribution in [0.1, 0.15) is 6.92 Å². The number of hydrogen-bond donors (Lipinski definition) is 0. The minimum atomic E-state index is -5.06. The van der Waals surface area contributed by atoms with Gasteiger partial charge in [-0.25, -0.2) is 9.59 Å². The van der Waals surface area contributed by atoms with Gasteiger partial charge < -0.3 is 9.47 Å². The van der Waals surface area contributed by atoms with Crippen molar-refractivity contribution in [1.82, 2.24) is 0 Å². The Morgan fingerprint density at radius 3 is 2.20 bits per heavy atom. The maximum Gasteiger partial charge on any atom is 0.440 e. The zero-order valence-electron chi connectivity index (χ0n) is 7.92. The lowest BCUT2D eigenvalue weighted by atomic mass is 10.4. The van der Waals surface area contributed by atoms with Crippen LogP contribution < -0.4 is 0 Å². The maximum absolute atomic E-state index is 12.1. The van der Waals surface area contributed by atoms with Crippen molar-refractivity contribution in [3.63, 3.8) is 0 Å². The van der Waals surface area contributed by atoms with Crippen LogP contribution in [0.5, 0.6) is 0 Å². The summed E-state index contributed by atoms with van der Waals surface area (Å²) in [6.07, 6.45) is -6.55. The highest BCUT2D eigenvalue weighted by atomic mass is 19.4. The molecule has 0 aliphatic heterocycles. The second kappa shape index (κ2) is 5.32. The summed E-state index contributed by atoms with van der Waals surface area (Å²) in [6, 6.07) is 0. The molecule has 1 amide bonds. The molecule has 0 N–H and O–H groups in total. The number of carbonyl (C=O) groups is 2. The molecule has 0 saturated carbocycles. The third-order valence-electron chi connectivity index (χ3n) is 1.12. The number of esters is 1. The van der Waals surface area contributed by atoms with Gasteiger partial charge in [-0.1, -0.05) is 0 Å². The molecule has 0 aliphatic rings. The summed E-state index contributed by atoms with van der Waals surface area (Å²) in [7, 11) is 0.745.